The Morgan fingerprint density at radius 2 is 1.17 bits per heavy atom. The van der Waals surface area contributed by atoms with Gasteiger partial charge in [-0.2, -0.15) is 5.10 Å². The van der Waals surface area contributed by atoms with E-state index >= 15 is 0 Å². The third-order valence-electron chi connectivity index (χ3n) is 6.41. The highest BCUT2D eigenvalue weighted by molar-refractivity contribution is 5.95. The van der Waals surface area contributed by atoms with Crippen LogP contribution in [0.5, 0.6) is 0 Å². The average molecular weight is 473 g/mol. The summed E-state index contributed by atoms with van der Waals surface area (Å²) in [6.45, 7) is 0.854. The lowest BCUT2D eigenvalue weighted by molar-refractivity contribution is 0.0848. The Labute approximate surface area is 211 Å². The minimum atomic E-state index is -0.730. The number of hydrogen-bond acceptors (Lipinski definition) is 3. The van der Waals surface area contributed by atoms with Crippen molar-refractivity contribution in [3.63, 3.8) is 0 Å². The number of aromatic nitrogens is 2. The van der Waals surface area contributed by atoms with Gasteiger partial charge in [-0.25, -0.2) is 0 Å². The van der Waals surface area contributed by atoms with Crippen LogP contribution >= 0.6 is 0 Å². The van der Waals surface area contributed by atoms with Crippen molar-refractivity contribution >= 4 is 5.78 Å². The van der Waals surface area contributed by atoms with Crippen molar-refractivity contribution in [3.05, 3.63) is 162 Å². The number of Topliss-reactive ketones (excluding diaryl/α,β-unsaturated/α-hetero) is 1. The van der Waals surface area contributed by atoms with Gasteiger partial charge in [-0.1, -0.05) is 121 Å². The summed E-state index contributed by atoms with van der Waals surface area (Å²) in [5.74, 6) is 0.0115. The first-order chi connectivity index (χ1) is 17.8. The van der Waals surface area contributed by atoms with E-state index in [0.29, 0.717) is 25.2 Å². The lowest BCUT2D eigenvalue weighted by atomic mass is 9.77. The fourth-order valence-electron chi connectivity index (χ4n) is 4.66. The summed E-state index contributed by atoms with van der Waals surface area (Å²) in [4.78, 5) is 13.1. The predicted molar refractivity (Wildman–Crippen MR) is 142 cm³/mol. The van der Waals surface area contributed by atoms with Gasteiger partial charge in [0.25, 0.3) is 0 Å². The molecule has 5 aromatic rings. The second-order valence-corrected chi connectivity index (χ2v) is 8.69. The maximum absolute atomic E-state index is 13.1. The number of nitrogens with zero attached hydrogens (tertiary/aromatic N) is 2. The zero-order chi connectivity index (χ0) is 24.6. The number of rotatable bonds is 10. The van der Waals surface area contributed by atoms with Crippen molar-refractivity contribution in [2.45, 2.75) is 18.6 Å². The lowest BCUT2D eigenvalue weighted by Crippen LogP contribution is -2.38. The molecule has 1 aromatic heterocycles. The summed E-state index contributed by atoms with van der Waals surface area (Å²) in [5.41, 5.74) is 4.13. The van der Waals surface area contributed by atoms with Crippen molar-refractivity contribution in [1.29, 1.82) is 0 Å². The number of carbonyl (C=O) groups excluding carboxylic acids is 1. The van der Waals surface area contributed by atoms with E-state index in [1.54, 1.807) is 6.20 Å². The number of benzene rings is 4. The molecule has 4 nitrogen and oxygen atoms in total. The van der Waals surface area contributed by atoms with Gasteiger partial charge in [0.1, 0.15) is 5.54 Å². The molecular formula is C32H28N2O2. The first-order valence-electron chi connectivity index (χ1n) is 12.1. The van der Waals surface area contributed by atoms with E-state index in [1.165, 1.54) is 0 Å². The molecule has 0 aliphatic heterocycles. The summed E-state index contributed by atoms with van der Waals surface area (Å²) in [6, 6.07) is 40.9. The minimum Gasteiger partial charge on any atom is -0.376 e. The molecule has 0 fully saturated rings. The van der Waals surface area contributed by atoms with Crippen molar-refractivity contribution < 1.29 is 9.53 Å². The van der Waals surface area contributed by atoms with Crippen LogP contribution in [0, 0.1) is 0 Å². The van der Waals surface area contributed by atoms with Crippen LogP contribution in [-0.4, -0.2) is 22.2 Å². The number of carbonyl (C=O) groups is 1. The molecule has 0 unspecified atom stereocenters. The van der Waals surface area contributed by atoms with Crippen LogP contribution in [0.25, 0.3) is 0 Å². The van der Waals surface area contributed by atoms with Crippen molar-refractivity contribution in [2.24, 2.45) is 0 Å². The number of ketones is 1. The van der Waals surface area contributed by atoms with E-state index in [9.17, 15) is 4.79 Å². The van der Waals surface area contributed by atoms with Gasteiger partial charge in [0, 0.05) is 12.6 Å². The zero-order valence-electron chi connectivity index (χ0n) is 20.0. The molecule has 178 valence electrons. The summed E-state index contributed by atoms with van der Waals surface area (Å²) >= 11 is 0. The summed E-state index contributed by atoms with van der Waals surface area (Å²) in [5, 5.41) is 4.77. The topological polar surface area (TPSA) is 44.1 Å². The Bertz CT molecular complexity index is 1280. The Morgan fingerprint density at radius 1 is 0.694 bits per heavy atom. The van der Waals surface area contributed by atoms with E-state index in [0.717, 1.165) is 22.3 Å². The molecule has 0 saturated heterocycles. The second-order valence-electron chi connectivity index (χ2n) is 8.69. The van der Waals surface area contributed by atoms with Gasteiger partial charge in [-0.05, 0) is 22.3 Å². The molecular weight excluding hydrogens is 444 g/mol. The van der Waals surface area contributed by atoms with Crippen LogP contribution < -0.4 is 0 Å². The van der Waals surface area contributed by atoms with Gasteiger partial charge in [0.2, 0.25) is 0 Å². The summed E-state index contributed by atoms with van der Waals surface area (Å²) < 4.78 is 7.67. The standard InChI is InChI=1S/C32H28N2O2/c35-31(21-22-36-25-26-13-5-1-6-14-26)27-23-33-34(24-27)32(28-15-7-2-8-16-28,29-17-9-3-10-18-29)30-19-11-4-12-20-30/h1-20,23-24H,21-22,25H2. The maximum atomic E-state index is 13.1. The van der Waals surface area contributed by atoms with E-state index in [4.69, 9.17) is 9.84 Å². The molecule has 1 heterocycles. The molecule has 0 aliphatic carbocycles. The molecule has 4 aromatic carbocycles. The first-order valence-corrected chi connectivity index (χ1v) is 12.1. The van der Waals surface area contributed by atoms with Crippen molar-refractivity contribution in [2.75, 3.05) is 6.61 Å². The molecule has 0 aliphatic rings. The molecule has 5 rings (SSSR count). The largest absolute Gasteiger partial charge is 0.376 e. The molecule has 36 heavy (non-hydrogen) atoms. The van der Waals surface area contributed by atoms with Gasteiger partial charge in [0.05, 0.1) is 25.0 Å². The van der Waals surface area contributed by atoms with E-state index < -0.39 is 5.54 Å². The van der Waals surface area contributed by atoms with E-state index in [1.807, 2.05) is 95.8 Å². The van der Waals surface area contributed by atoms with Gasteiger partial charge in [0.15, 0.2) is 5.78 Å². The molecule has 0 saturated carbocycles. The molecule has 0 amide bonds. The highest BCUT2D eigenvalue weighted by Gasteiger charge is 2.39. The summed E-state index contributed by atoms with van der Waals surface area (Å²) in [6.07, 6.45) is 3.84. The maximum Gasteiger partial charge on any atom is 0.168 e. The van der Waals surface area contributed by atoms with Gasteiger partial charge < -0.3 is 4.74 Å². The minimum absolute atomic E-state index is 0.0115. The Balaban J connectivity index is 1.47. The average Bonchev–Trinajstić information content (AvgIpc) is 3.45. The first kappa shape index (κ1) is 23.5. The number of hydrogen-bond donors (Lipinski definition) is 0. The van der Waals surface area contributed by atoms with Crippen LogP contribution in [-0.2, 0) is 16.9 Å². The van der Waals surface area contributed by atoms with E-state index in [-0.39, 0.29) is 5.78 Å². The van der Waals surface area contributed by atoms with Crippen molar-refractivity contribution in [3.8, 4) is 0 Å². The third kappa shape index (κ3) is 4.77. The third-order valence-corrected chi connectivity index (χ3v) is 6.41. The molecule has 0 spiro atoms. The zero-order valence-corrected chi connectivity index (χ0v) is 20.0. The molecule has 4 heteroatoms. The quantitative estimate of drug-likeness (QED) is 0.132. The molecule has 0 bridgehead atoms. The van der Waals surface area contributed by atoms with Crippen LogP contribution in [0.15, 0.2) is 134 Å². The SMILES string of the molecule is O=C(CCOCc1ccccc1)c1cnn(C(c2ccccc2)(c2ccccc2)c2ccccc2)c1. The normalized spacial score (nSPS) is 11.3. The fraction of sp³-hybridized carbons (Fsp3) is 0.125. The van der Waals surface area contributed by atoms with Gasteiger partial charge in [-0.3, -0.25) is 9.48 Å². The number of ether oxygens (including phenoxy) is 1. The van der Waals surface area contributed by atoms with Gasteiger partial charge in [-0.15, -0.1) is 0 Å². The summed E-state index contributed by atoms with van der Waals surface area (Å²) in [7, 11) is 0. The van der Waals surface area contributed by atoms with Crippen LogP contribution in [0.1, 0.15) is 39.0 Å². The molecule has 0 atom stereocenters. The monoisotopic (exact) mass is 472 g/mol. The fourth-order valence-corrected chi connectivity index (χ4v) is 4.66. The Hall–Kier alpha value is -4.28. The Kier molecular flexibility index (Phi) is 7.15. The van der Waals surface area contributed by atoms with Gasteiger partial charge >= 0.3 is 0 Å². The van der Waals surface area contributed by atoms with E-state index in [2.05, 4.69) is 36.4 Å². The smallest absolute Gasteiger partial charge is 0.168 e. The van der Waals surface area contributed by atoms with Crippen LogP contribution in [0.4, 0.5) is 0 Å². The molecule has 0 radical (unpaired) electrons. The Morgan fingerprint density at radius 3 is 1.67 bits per heavy atom. The van der Waals surface area contributed by atoms with Crippen molar-refractivity contribution in [1.82, 2.24) is 9.78 Å². The highest BCUT2D eigenvalue weighted by Crippen LogP contribution is 2.40. The predicted octanol–water partition coefficient (Wildman–Crippen LogP) is 6.51. The second kappa shape index (κ2) is 11.0. The van der Waals surface area contributed by atoms with Crippen LogP contribution in [0.3, 0.4) is 0 Å². The lowest BCUT2D eigenvalue weighted by Gasteiger charge is -2.36. The molecule has 0 N–H and O–H groups in total. The van der Waals surface area contributed by atoms with Crippen LogP contribution in [0.2, 0.25) is 0 Å². The highest BCUT2D eigenvalue weighted by atomic mass is 16.5.